The third-order valence-corrected chi connectivity index (χ3v) is 6.82. The van der Waals surface area contributed by atoms with Crippen LogP contribution in [0.15, 0.2) is 125 Å². The Balaban J connectivity index is 1.86. The van der Waals surface area contributed by atoms with Gasteiger partial charge in [-0.3, -0.25) is 9.59 Å². The average Bonchev–Trinajstić information content (AvgIpc) is 2.87. The van der Waals surface area contributed by atoms with Crippen LogP contribution in [0, 0.1) is 0 Å². The largest absolute Gasteiger partial charge is 0.566 e. The monoisotopic (exact) mass is 470 g/mol. The van der Waals surface area contributed by atoms with E-state index in [1.165, 1.54) is 6.07 Å². The standard InChI is InChI=1S/C26H19N2O5P/c29-25-23-18-10-11-19-24(23)26(30)28(27(25)20-12-4-1-5-13-20)34(31,32-21-14-6-2-7-15-21)33-22-16-8-3-9-17-22/h1-19H. The number of fused-ring (bicyclic) bond motifs is 1. The second-order valence-corrected chi connectivity index (χ2v) is 9.05. The quantitative estimate of drug-likeness (QED) is 0.316. The fraction of sp³-hybridized carbons (Fsp3) is 0. The van der Waals surface area contributed by atoms with Crippen LogP contribution in [-0.2, 0) is 4.57 Å². The van der Waals surface area contributed by atoms with E-state index in [2.05, 4.69) is 0 Å². The van der Waals surface area contributed by atoms with Gasteiger partial charge in [0.05, 0.1) is 16.5 Å². The molecule has 0 aliphatic heterocycles. The number of benzene rings is 4. The molecule has 0 saturated carbocycles. The van der Waals surface area contributed by atoms with Gasteiger partial charge in [0.25, 0.3) is 11.1 Å². The summed E-state index contributed by atoms with van der Waals surface area (Å²) in [7, 11) is -4.52. The van der Waals surface area contributed by atoms with Crippen molar-refractivity contribution in [2.75, 3.05) is 0 Å². The zero-order chi connectivity index (χ0) is 23.5. The minimum absolute atomic E-state index is 0.105. The molecule has 168 valence electrons. The van der Waals surface area contributed by atoms with Crippen molar-refractivity contribution in [3.63, 3.8) is 0 Å². The predicted octanol–water partition coefficient (Wildman–Crippen LogP) is 5.27. The van der Waals surface area contributed by atoms with Crippen molar-refractivity contribution >= 4 is 18.5 Å². The lowest BCUT2D eigenvalue weighted by Gasteiger charge is -2.24. The Morgan fingerprint density at radius 3 is 1.44 bits per heavy atom. The lowest BCUT2D eigenvalue weighted by molar-refractivity contribution is 0.359. The van der Waals surface area contributed by atoms with E-state index in [-0.39, 0.29) is 22.3 Å². The molecule has 0 amide bonds. The molecule has 0 saturated heterocycles. The topological polar surface area (TPSA) is 79.5 Å². The van der Waals surface area contributed by atoms with E-state index in [1.807, 2.05) is 0 Å². The number of hydrogen-bond acceptors (Lipinski definition) is 5. The Morgan fingerprint density at radius 1 is 0.529 bits per heavy atom. The number of hydrogen-bond donors (Lipinski definition) is 0. The second-order valence-electron chi connectivity index (χ2n) is 7.37. The molecule has 8 heteroatoms. The van der Waals surface area contributed by atoms with Gasteiger partial charge in [0.15, 0.2) is 0 Å². The summed E-state index contributed by atoms with van der Waals surface area (Å²) >= 11 is 0. The van der Waals surface area contributed by atoms with Crippen molar-refractivity contribution in [3.05, 3.63) is 136 Å². The van der Waals surface area contributed by atoms with Gasteiger partial charge < -0.3 is 9.05 Å². The van der Waals surface area contributed by atoms with Crippen LogP contribution in [0.25, 0.3) is 16.5 Å². The molecular weight excluding hydrogens is 451 g/mol. The van der Waals surface area contributed by atoms with Gasteiger partial charge in [0.2, 0.25) is 0 Å². The van der Waals surface area contributed by atoms with Gasteiger partial charge in [-0.2, -0.15) is 0 Å². The van der Waals surface area contributed by atoms with Gasteiger partial charge in [-0.25, -0.2) is 9.25 Å². The molecule has 0 aliphatic carbocycles. The zero-order valence-corrected chi connectivity index (χ0v) is 18.7. The minimum atomic E-state index is -4.52. The van der Waals surface area contributed by atoms with E-state index in [0.717, 1.165) is 9.13 Å². The van der Waals surface area contributed by atoms with Crippen molar-refractivity contribution in [2.45, 2.75) is 0 Å². The van der Waals surface area contributed by atoms with Crippen molar-refractivity contribution in [1.82, 2.24) is 9.13 Å². The normalized spacial score (nSPS) is 11.3. The van der Waals surface area contributed by atoms with E-state index in [4.69, 9.17) is 9.05 Å². The summed E-state index contributed by atoms with van der Waals surface area (Å²) in [5, 5.41) is 0.298. The molecule has 0 spiro atoms. The number of para-hydroxylation sites is 3. The van der Waals surface area contributed by atoms with E-state index in [1.54, 1.807) is 109 Å². The molecule has 0 atom stereocenters. The lowest BCUT2D eigenvalue weighted by Crippen LogP contribution is -2.38. The molecule has 1 heterocycles. The Bertz CT molecular complexity index is 1570. The maximum Gasteiger partial charge on any atom is 0.566 e. The molecule has 5 aromatic rings. The summed E-state index contributed by atoms with van der Waals surface area (Å²) in [6.45, 7) is 0. The molecule has 4 aromatic carbocycles. The second kappa shape index (κ2) is 8.89. The van der Waals surface area contributed by atoms with Crippen molar-refractivity contribution < 1.29 is 13.6 Å². The number of rotatable bonds is 6. The molecule has 0 fully saturated rings. The minimum Gasteiger partial charge on any atom is -0.399 e. The number of nitrogens with zero attached hydrogens (tertiary/aromatic N) is 2. The third kappa shape index (κ3) is 3.93. The van der Waals surface area contributed by atoms with Gasteiger partial charge in [0.1, 0.15) is 11.5 Å². The fourth-order valence-electron chi connectivity index (χ4n) is 3.60. The highest BCUT2D eigenvalue weighted by atomic mass is 31.2. The molecule has 34 heavy (non-hydrogen) atoms. The Hall–Kier alpha value is -4.35. The molecule has 5 rings (SSSR count). The van der Waals surface area contributed by atoms with Crippen LogP contribution in [0.5, 0.6) is 11.5 Å². The van der Waals surface area contributed by atoms with Crippen molar-refractivity contribution in [1.29, 1.82) is 0 Å². The van der Waals surface area contributed by atoms with Crippen molar-refractivity contribution in [3.8, 4) is 17.2 Å². The summed E-state index contributed by atoms with van der Waals surface area (Å²) in [6, 6.07) is 31.6. The smallest absolute Gasteiger partial charge is 0.399 e. The van der Waals surface area contributed by atoms with E-state index in [0.29, 0.717) is 5.69 Å². The van der Waals surface area contributed by atoms with Gasteiger partial charge in [0, 0.05) is 0 Å². The van der Waals surface area contributed by atoms with Crippen molar-refractivity contribution in [2.24, 2.45) is 0 Å². The first kappa shape index (κ1) is 21.5. The summed E-state index contributed by atoms with van der Waals surface area (Å²) in [5.74, 6) is 0.433. The summed E-state index contributed by atoms with van der Waals surface area (Å²) in [4.78, 5) is 27.4. The van der Waals surface area contributed by atoms with Crippen LogP contribution in [0.2, 0.25) is 0 Å². The average molecular weight is 470 g/mol. The van der Waals surface area contributed by atoms with E-state index in [9.17, 15) is 14.2 Å². The molecular formula is C26H19N2O5P. The summed E-state index contributed by atoms with van der Waals surface area (Å²) in [5.41, 5.74) is -0.881. The highest BCUT2D eigenvalue weighted by Crippen LogP contribution is 2.48. The van der Waals surface area contributed by atoms with Crippen LogP contribution in [-0.4, -0.2) is 9.13 Å². The van der Waals surface area contributed by atoms with Crippen LogP contribution in [0.4, 0.5) is 0 Å². The van der Waals surface area contributed by atoms with Crippen LogP contribution in [0.1, 0.15) is 0 Å². The van der Waals surface area contributed by atoms with Gasteiger partial charge in [-0.1, -0.05) is 66.7 Å². The van der Waals surface area contributed by atoms with Crippen LogP contribution >= 0.6 is 7.75 Å². The Labute approximate surface area is 194 Å². The first-order valence-electron chi connectivity index (χ1n) is 10.5. The first-order valence-corrected chi connectivity index (χ1v) is 12.0. The zero-order valence-electron chi connectivity index (χ0n) is 17.9. The van der Waals surface area contributed by atoms with Gasteiger partial charge in [-0.15, -0.1) is 4.45 Å². The molecule has 7 nitrogen and oxygen atoms in total. The lowest BCUT2D eigenvalue weighted by atomic mass is 10.2. The third-order valence-electron chi connectivity index (χ3n) is 5.11. The molecule has 0 N–H and O–H groups in total. The van der Waals surface area contributed by atoms with Gasteiger partial charge >= 0.3 is 7.75 Å². The molecule has 0 unspecified atom stereocenters. The highest BCUT2D eigenvalue weighted by Gasteiger charge is 2.37. The molecule has 0 bridgehead atoms. The summed E-state index contributed by atoms with van der Waals surface area (Å²) < 4.78 is 28.1. The SMILES string of the molecule is O=c1c2ccccc2c(=O)n(P(=O)(Oc2ccccc2)Oc2ccccc2)n1-c1ccccc1. The maximum absolute atomic E-state index is 14.5. The van der Waals surface area contributed by atoms with Gasteiger partial charge in [-0.05, 0) is 48.5 Å². The predicted molar refractivity (Wildman–Crippen MR) is 131 cm³/mol. The molecule has 0 aliphatic rings. The maximum atomic E-state index is 14.5. The summed E-state index contributed by atoms with van der Waals surface area (Å²) in [6.07, 6.45) is 0. The molecule has 1 aromatic heterocycles. The van der Waals surface area contributed by atoms with Crippen LogP contribution in [0.3, 0.4) is 0 Å². The first-order chi connectivity index (χ1) is 16.6. The van der Waals surface area contributed by atoms with E-state index < -0.39 is 18.9 Å². The van der Waals surface area contributed by atoms with E-state index >= 15 is 0 Å². The Kier molecular flexibility index (Phi) is 5.62. The fourth-order valence-corrected chi connectivity index (χ4v) is 5.30. The molecule has 0 radical (unpaired) electrons. The highest BCUT2D eigenvalue weighted by molar-refractivity contribution is 7.52. The number of aromatic nitrogens is 2. The van der Waals surface area contributed by atoms with Crippen LogP contribution < -0.4 is 20.2 Å². The Morgan fingerprint density at radius 2 is 0.941 bits per heavy atom.